The molecule has 1 aromatic heterocycles. The van der Waals surface area contributed by atoms with E-state index >= 15 is 0 Å². The molecule has 0 atom stereocenters. The van der Waals surface area contributed by atoms with E-state index < -0.39 is 0 Å². The number of carbonyl (C=O) groups is 2. The molecule has 0 aliphatic carbocycles. The van der Waals surface area contributed by atoms with E-state index in [1.165, 1.54) is 9.70 Å². The minimum absolute atomic E-state index is 0.0973. The molecular formula is C25H30N6O3. The molecule has 178 valence electrons. The van der Waals surface area contributed by atoms with Gasteiger partial charge in [0.25, 0.3) is 5.91 Å². The van der Waals surface area contributed by atoms with Crippen LogP contribution in [-0.4, -0.2) is 71.6 Å². The quantitative estimate of drug-likeness (QED) is 0.606. The summed E-state index contributed by atoms with van der Waals surface area (Å²) >= 11 is 0. The van der Waals surface area contributed by atoms with Crippen LogP contribution in [0.1, 0.15) is 27.3 Å². The molecule has 1 aliphatic heterocycles. The van der Waals surface area contributed by atoms with Crippen molar-refractivity contribution in [3.8, 4) is 5.69 Å². The predicted molar refractivity (Wildman–Crippen MR) is 131 cm³/mol. The normalized spacial score (nSPS) is 13.6. The van der Waals surface area contributed by atoms with Gasteiger partial charge in [-0.25, -0.2) is 0 Å². The van der Waals surface area contributed by atoms with Crippen molar-refractivity contribution in [1.29, 1.82) is 0 Å². The zero-order valence-electron chi connectivity index (χ0n) is 20.0. The van der Waals surface area contributed by atoms with E-state index in [9.17, 15) is 9.59 Å². The fourth-order valence-corrected chi connectivity index (χ4v) is 3.96. The number of ether oxygens (including phenoxy) is 1. The Labute approximate surface area is 199 Å². The molecule has 9 nitrogen and oxygen atoms in total. The Balaban J connectivity index is 1.37. The summed E-state index contributed by atoms with van der Waals surface area (Å²) in [7, 11) is 1.58. The number of likely N-dealkylation sites (N-methyl/N-ethyl adjacent to an activating group) is 1. The summed E-state index contributed by atoms with van der Waals surface area (Å²) in [5.41, 5.74) is 5.48. The van der Waals surface area contributed by atoms with E-state index in [0.717, 1.165) is 48.8 Å². The van der Waals surface area contributed by atoms with Crippen LogP contribution in [0.4, 0.5) is 11.4 Å². The van der Waals surface area contributed by atoms with Gasteiger partial charge in [0.05, 0.1) is 31.1 Å². The van der Waals surface area contributed by atoms with Crippen LogP contribution in [0.25, 0.3) is 5.69 Å². The van der Waals surface area contributed by atoms with Crippen LogP contribution in [0.5, 0.6) is 0 Å². The maximum absolute atomic E-state index is 13.0. The summed E-state index contributed by atoms with van der Waals surface area (Å²) in [5, 5.41) is 11.7. The molecule has 4 rings (SSSR count). The number of hydrogen-bond donors (Lipinski definition) is 1. The van der Waals surface area contributed by atoms with E-state index in [2.05, 4.69) is 20.4 Å². The molecule has 1 aliphatic rings. The molecule has 9 heteroatoms. The number of aromatic nitrogens is 3. The highest BCUT2D eigenvalue weighted by Crippen LogP contribution is 2.19. The first-order valence-electron chi connectivity index (χ1n) is 11.3. The van der Waals surface area contributed by atoms with Crippen molar-refractivity contribution in [2.45, 2.75) is 20.8 Å². The topological polar surface area (TPSA) is 92.6 Å². The second-order valence-corrected chi connectivity index (χ2v) is 8.57. The van der Waals surface area contributed by atoms with Crippen molar-refractivity contribution >= 4 is 23.2 Å². The van der Waals surface area contributed by atoms with Crippen molar-refractivity contribution < 1.29 is 14.3 Å². The third-order valence-corrected chi connectivity index (χ3v) is 5.81. The zero-order valence-corrected chi connectivity index (χ0v) is 20.0. The zero-order chi connectivity index (χ0) is 24.2. The molecule has 0 saturated carbocycles. The van der Waals surface area contributed by atoms with Gasteiger partial charge in [0.15, 0.2) is 5.69 Å². The van der Waals surface area contributed by atoms with Gasteiger partial charge >= 0.3 is 0 Å². The van der Waals surface area contributed by atoms with E-state index in [4.69, 9.17) is 4.74 Å². The summed E-state index contributed by atoms with van der Waals surface area (Å²) in [6.07, 6.45) is 0. The lowest BCUT2D eigenvalue weighted by molar-refractivity contribution is -0.116. The number of amides is 2. The van der Waals surface area contributed by atoms with Gasteiger partial charge in [-0.2, -0.15) is 9.90 Å². The molecule has 2 heterocycles. The van der Waals surface area contributed by atoms with Crippen LogP contribution < -0.4 is 10.2 Å². The molecule has 3 aromatic rings. The molecule has 0 spiro atoms. The van der Waals surface area contributed by atoms with Crippen molar-refractivity contribution in [2.75, 3.05) is 50.1 Å². The number of nitrogens with zero attached hydrogens (tertiary/aromatic N) is 5. The van der Waals surface area contributed by atoms with E-state index in [1.807, 2.05) is 56.3 Å². The summed E-state index contributed by atoms with van der Waals surface area (Å²) in [4.78, 5) is 30.6. The van der Waals surface area contributed by atoms with Gasteiger partial charge in [0.1, 0.15) is 0 Å². The third kappa shape index (κ3) is 5.26. The Morgan fingerprint density at radius 3 is 2.41 bits per heavy atom. The summed E-state index contributed by atoms with van der Waals surface area (Å²) < 4.78 is 5.39. The first-order chi connectivity index (χ1) is 16.3. The number of carbonyl (C=O) groups excluding carboxylic acids is 2. The van der Waals surface area contributed by atoms with Gasteiger partial charge < -0.3 is 19.9 Å². The number of benzene rings is 2. The SMILES string of the molecule is Cc1ccc(-n2nc(C)c(C(=O)N(C)CC(=O)Nc3ccc(N4CCOCC4)cc3)n2)c(C)c1. The average molecular weight is 463 g/mol. The molecular weight excluding hydrogens is 432 g/mol. The Hall–Kier alpha value is -3.72. The molecule has 0 radical (unpaired) electrons. The lowest BCUT2D eigenvalue weighted by Crippen LogP contribution is -2.36. The maximum Gasteiger partial charge on any atom is 0.276 e. The first-order valence-corrected chi connectivity index (χ1v) is 11.3. The fourth-order valence-electron chi connectivity index (χ4n) is 3.96. The second kappa shape index (κ2) is 10.0. The summed E-state index contributed by atoms with van der Waals surface area (Å²) in [6.45, 7) is 8.79. The van der Waals surface area contributed by atoms with Gasteiger partial charge in [-0.1, -0.05) is 17.7 Å². The Morgan fingerprint density at radius 2 is 1.74 bits per heavy atom. The molecule has 0 unspecified atom stereocenters. The van der Waals surface area contributed by atoms with Gasteiger partial charge in [-0.3, -0.25) is 9.59 Å². The molecule has 2 amide bonds. The van der Waals surface area contributed by atoms with Gasteiger partial charge in [0, 0.05) is 31.5 Å². The standard InChI is InChI=1S/C25H30N6O3/c1-17-5-10-22(18(2)15-17)31-27-19(3)24(28-31)25(33)29(4)16-23(32)26-20-6-8-21(9-7-20)30-11-13-34-14-12-30/h5-10,15H,11-14,16H2,1-4H3,(H,26,32). The number of morpholine rings is 1. The van der Waals surface area contributed by atoms with Crippen LogP contribution >= 0.6 is 0 Å². The van der Waals surface area contributed by atoms with Crippen LogP contribution in [0.3, 0.4) is 0 Å². The molecule has 1 saturated heterocycles. The van der Waals surface area contributed by atoms with E-state index in [-0.39, 0.29) is 24.1 Å². The minimum atomic E-state index is -0.355. The van der Waals surface area contributed by atoms with Crippen molar-refractivity contribution in [3.63, 3.8) is 0 Å². The van der Waals surface area contributed by atoms with Crippen LogP contribution in [0, 0.1) is 20.8 Å². The average Bonchev–Trinajstić information content (AvgIpc) is 3.20. The smallest absolute Gasteiger partial charge is 0.276 e. The van der Waals surface area contributed by atoms with Crippen molar-refractivity contribution in [2.24, 2.45) is 0 Å². The molecule has 0 bridgehead atoms. The fraction of sp³-hybridized carbons (Fsp3) is 0.360. The van der Waals surface area contributed by atoms with Gasteiger partial charge in [-0.15, -0.1) is 5.10 Å². The Kier molecular flexibility index (Phi) is 6.93. The minimum Gasteiger partial charge on any atom is -0.378 e. The Morgan fingerprint density at radius 1 is 1.03 bits per heavy atom. The predicted octanol–water partition coefficient (Wildman–Crippen LogP) is 2.74. The van der Waals surface area contributed by atoms with Crippen LogP contribution in [0.2, 0.25) is 0 Å². The number of nitrogens with one attached hydrogen (secondary N) is 1. The van der Waals surface area contributed by atoms with E-state index in [0.29, 0.717) is 11.4 Å². The summed E-state index contributed by atoms with van der Waals surface area (Å²) in [5.74, 6) is -0.638. The maximum atomic E-state index is 13.0. The van der Waals surface area contributed by atoms with Crippen molar-refractivity contribution in [1.82, 2.24) is 19.9 Å². The monoisotopic (exact) mass is 462 g/mol. The molecule has 1 N–H and O–H groups in total. The number of hydrogen-bond acceptors (Lipinski definition) is 6. The number of anilines is 2. The number of aryl methyl sites for hydroxylation is 3. The molecule has 2 aromatic carbocycles. The first kappa shape index (κ1) is 23.4. The van der Waals surface area contributed by atoms with Crippen LogP contribution in [-0.2, 0) is 9.53 Å². The lowest BCUT2D eigenvalue weighted by atomic mass is 10.1. The Bertz CT molecular complexity index is 1180. The van der Waals surface area contributed by atoms with Gasteiger partial charge in [0.2, 0.25) is 5.91 Å². The highest BCUT2D eigenvalue weighted by molar-refractivity contribution is 5.98. The largest absolute Gasteiger partial charge is 0.378 e. The van der Waals surface area contributed by atoms with Crippen molar-refractivity contribution in [3.05, 3.63) is 65.0 Å². The van der Waals surface area contributed by atoms with E-state index in [1.54, 1.807) is 14.0 Å². The van der Waals surface area contributed by atoms with Gasteiger partial charge in [-0.05, 0) is 56.7 Å². The second-order valence-electron chi connectivity index (χ2n) is 8.57. The highest BCUT2D eigenvalue weighted by atomic mass is 16.5. The molecule has 34 heavy (non-hydrogen) atoms. The highest BCUT2D eigenvalue weighted by Gasteiger charge is 2.22. The molecule has 1 fully saturated rings. The third-order valence-electron chi connectivity index (χ3n) is 5.81. The van der Waals surface area contributed by atoms with Crippen LogP contribution in [0.15, 0.2) is 42.5 Å². The number of rotatable bonds is 6. The lowest BCUT2D eigenvalue weighted by Gasteiger charge is -2.28. The summed E-state index contributed by atoms with van der Waals surface area (Å²) in [6, 6.07) is 13.6.